The second-order valence-electron chi connectivity index (χ2n) is 2.22. The molecule has 0 fully saturated rings. The van der Waals surface area contributed by atoms with Gasteiger partial charge in [0.25, 0.3) is 0 Å². The highest BCUT2D eigenvalue weighted by Crippen LogP contribution is 2.00. The third kappa shape index (κ3) is 1.99. The lowest BCUT2D eigenvalue weighted by Gasteiger charge is -2.12. The van der Waals surface area contributed by atoms with Gasteiger partial charge in [0, 0.05) is 13.7 Å². The number of hydrogen-bond donors (Lipinski definition) is 1. The maximum Gasteiger partial charge on any atom is 0.137 e. The molecule has 1 aromatic heterocycles. The predicted molar refractivity (Wildman–Crippen MR) is 40.0 cm³/mol. The van der Waals surface area contributed by atoms with Crippen molar-refractivity contribution in [2.45, 2.75) is 6.04 Å². The van der Waals surface area contributed by atoms with Crippen LogP contribution in [0, 0.1) is 0 Å². The van der Waals surface area contributed by atoms with Gasteiger partial charge in [-0.1, -0.05) is 0 Å². The van der Waals surface area contributed by atoms with Crippen LogP contribution in [0.1, 0.15) is 6.04 Å². The van der Waals surface area contributed by atoms with Crippen molar-refractivity contribution < 1.29 is 4.74 Å². The fraction of sp³-hybridized carbons (Fsp3) is 0.667. The van der Waals surface area contributed by atoms with E-state index in [1.54, 1.807) is 18.1 Å². The molecule has 1 atom stereocenters. The van der Waals surface area contributed by atoms with Gasteiger partial charge in [0.2, 0.25) is 0 Å². The molecule has 0 aliphatic rings. The van der Waals surface area contributed by atoms with E-state index < -0.39 is 0 Å². The van der Waals surface area contributed by atoms with Crippen LogP contribution >= 0.6 is 0 Å². The van der Waals surface area contributed by atoms with Crippen molar-refractivity contribution in [2.75, 3.05) is 20.3 Å². The molecule has 0 amide bonds. The highest BCUT2D eigenvalue weighted by atomic mass is 16.5. The zero-order valence-corrected chi connectivity index (χ0v) is 6.47. The minimum atomic E-state index is 0.0995. The van der Waals surface area contributed by atoms with E-state index in [4.69, 9.17) is 10.5 Å². The summed E-state index contributed by atoms with van der Waals surface area (Å²) >= 11 is 0. The number of rotatable bonds is 4. The molecule has 2 N–H and O–H groups in total. The van der Waals surface area contributed by atoms with Gasteiger partial charge < -0.3 is 10.5 Å². The molecule has 0 aliphatic carbocycles. The maximum absolute atomic E-state index is 5.48. The van der Waals surface area contributed by atoms with Gasteiger partial charge in [0.1, 0.15) is 12.7 Å². The Morgan fingerprint density at radius 2 is 2.55 bits per heavy atom. The van der Waals surface area contributed by atoms with E-state index >= 15 is 0 Å². The quantitative estimate of drug-likeness (QED) is 0.633. The molecule has 5 heteroatoms. The standard InChI is InChI=1S/C6H12N4O/c1-11-3-6(2-7)10-5-8-4-9-10/h4-6H,2-3,7H2,1H3. The van der Waals surface area contributed by atoms with Gasteiger partial charge in [-0.15, -0.1) is 0 Å². The van der Waals surface area contributed by atoms with Crippen LogP contribution in [0.25, 0.3) is 0 Å². The highest BCUT2D eigenvalue weighted by Gasteiger charge is 2.07. The second-order valence-corrected chi connectivity index (χ2v) is 2.22. The smallest absolute Gasteiger partial charge is 0.137 e. The first-order chi connectivity index (χ1) is 5.38. The van der Waals surface area contributed by atoms with Gasteiger partial charge >= 0.3 is 0 Å². The Balaban J connectivity index is 2.56. The zero-order valence-electron chi connectivity index (χ0n) is 6.47. The monoisotopic (exact) mass is 156 g/mol. The van der Waals surface area contributed by atoms with Gasteiger partial charge in [0.15, 0.2) is 0 Å². The molecule has 0 aromatic carbocycles. The van der Waals surface area contributed by atoms with Crippen molar-refractivity contribution in [2.24, 2.45) is 5.73 Å². The van der Waals surface area contributed by atoms with Crippen LogP contribution in [-0.4, -0.2) is 35.0 Å². The average Bonchev–Trinajstić information content (AvgIpc) is 2.52. The fourth-order valence-electron chi connectivity index (χ4n) is 0.851. The van der Waals surface area contributed by atoms with E-state index in [9.17, 15) is 0 Å². The number of nitrogens with two attached hydrogens (primary N) is 1. The highest BCUT2D eigenvalue weighted by molar-refractivity contribution is 4.68. The lowest BCUT2D eigenvalue weighted by molar-refractivity contribution is 0.152. The molecule has 1 rings (SSSR count). The minimum Gasteiger partial charge on any atom is -0.382 e. The Labute approximate surface area is 65.2 Å². The summed E-state index contributed by atoms with van der Waals surface area (Å²) in [6.07, 6.45) is 3.12. The van der Waals surface area contributed by atoms with E-state index in [0.29, 0.717) is 13.2 Å². The van der Waals surface area contributed by atoms with Crippen molar-refractivity contribution in [3.05, 3.63) is 12.7 Å². The molecule has 0 bridgehead atoms. The van der Waals surface area contributed by atoms with Gasteiger partial charge in [0.05, 0.1) is 12.6 Å². The molecule has 0 aliphatic heterocycles. The van der Waals surface area contributed by atoms with Crippen molar-refractivity contribution >= 4 is 0 Å². The first-order valence-electron chi connectivity index (χ1n) is 3.41. The number of hydrogen-bond acceptors (Lipinski definition) is 4. The van der Waals surface area contributed by atoms with Crippen LogP contribution < -0.4 is 5.73 Å². The number of methoxy groups -OCH3 is 1. The SMILES string of the molecule is COCC(CN)n1cncn1. The lowest BCUT2D eigenvalue weighted by atomic mass is 10.3. The van der Waals surface area contributed by atoms with Crippen LogP contribution in [0.4, 0.5) is 0 Å². The maximum atomic E-state index is 5.48. The predicted octanol–water partition coefficient (Wildman–Crippen LogP) is -0.576. The van der Waals surface area contributed by atoms with E-state index in [1.807, 2.05) is 0 Å². The Morgan fingerprint density at radius 3 is 3.00 bits per heavy atom. The molecule has 1 heterocycles. The molecule has 5 nitrogen and oxygen atoms in total. The number of nitrogens with zero attached hydrogens (tertiary/aromatic N) is 3. The normalized spacial score (nSPS) is 13.3. The summed E-state index contributed by atoms with van der Waals surface area (Å²) in [7, 11) is 1.64. The fourth-order valence-corrected chi connectivity index (χ4v) is 0.851. The second kappa shape index (κ2) is 4.05. The summed E-state index contributed by atoms with van der Waals surface area (Å²) in [4.78, 5) is 3.81. The van der Waals surface area contributed by atoms with Gasteiger partial charge in [-0.05, 0) is 0 Å². The number of ether oxygens (including phenoxy) is 1. The van der Waals surface area contributed by atoms with E-state index in [-0.39, 0.29) is 6.04 Å². The summed E-state index contributed by atoms with van der Waals surface area (Å²) in [5, 5.41) is 3.95. The first kappa shape index (κ1) is 8.16. The summed E-state index contributed by atoms with van der Waals surface area (Å²) in [6, 6.07) is 0.0995. The topological polar surface area (TPSA) is 66.0 Å². The molecule has 1 unspecified atom stereocenters. The van der Waals surface area contributed by atoms with Crippen molar-refractivity contribution in [1.29, 1.82) is 0 Å². The van der Waals surface area contributed by atoms with E-state index in [2.05, 4.69) is 10.1 Å². The Hall–Kier alpha value is -0.940. The molecule has 0 saturated heterocycles. The third-order valence-electron chi connectivity index (χ3n) is 1.44. The Morgan fingerprint density at radius 1 is 1.73 bits per heavy atom. The van der Waals surface area contributed by atoms with Crippen LogP contribution in [0.2, 0.25) is 0 Å². The van der Waals surface area contributed by atoms with Gasteiger partial charge in [-0.25, -0.2) is 9.67 Å². The summed E-state index contributed by atoms with van der Waals surface area (Å²) in [5.41, 5.74) is 5.48. The van der Waals surface area contributed by atoms with Crippen LogP contribution in [0.5, 0.6) is 0 Å². The van der Waals surface area contributed by atoms with Gasteiger partial charge in [-0.3, -0.25) is 0 Å². The summed E-state index contributed by atoms with van der Waals surface area (Å²) < 4.78 is 6.65. The van der Waals surface area contributed by atoms with Crippen molar-refractivity contribution in [1.82, 2.24) is 14.8 Å². The zero-order chi connectivity index (χ0) is 8.10. The third-order valence-corrected chi connectivity index (χ3v) is 1.44. The molecule has 62 valence electrons. The van der Waals surface area contributed by atoms with Crippen molar-refractivity contribution in [3.63, 3.8) is 0 Å². The molecular weight excluding hydrogens is 144 g/mol. The minimum absolute atomic E-state index is 0.0995. The van der Waals surface area contributed by atoms with E-state index in [1.165, 1.54) is 6.33 Å². The molecule has 11 heavy (non-hydrogen) atoms. The largest absolute Gasteiger partial charge is 0.382 e. The van der Waals surface area contributed by atoms with Crippen molar-refractivity contribution in [3.8, 4) is 0 Å². The van der Waals surface area contributed by atoms with Crippen LogP contribution in [0.3, 0.4) is 0 Å². The summed E-state index contributed by atoms with van der Waals surface area (Å²) in [5.74, 6) is 0. The Kier molecular flexibility index (Phi) is 3.00. The van der Waals surface area contributed by atoms with Crippen LogP contribution in [-0.2, 0) is 4.74 Å². The first-order valence-corrected chi connectivity index (χ1v) is 3.41. The Bertz CT molecular complexity index is 186. The molecular formula is C6H12N4O. The van der Waals surface area contributed by atoms with Gasteiger partial charge in [-0.2, -0.15) is 5.10 Å². The molecule has 0 saturated carbocycles. The molecule has 0 radical (unpaired) electrons. The molecule has 0 spiro atoms. The average molecular weight is 156 g/mol. The lowest BCUT2D eigenvalue weighted by Crippen LogP contribution is -2.23. The van der Waals surface area contributed by atoms with E-state index in [0.717, 1.165) is 0 Å². The molecule has 1 aromatic rings. The summed E-state index contributed by atoms with van der Waals surface area (Å²) in [6.45, 7) is 1.08. The number of aromatic nitrogens is 3. The van der Waals surface area contributed by atoms with Crippen LogP contribution in [0.15, 0.2) is 12.7 Å².